The molecule has 1 aromatic heterocycles. The van der Waals surface area contributed by atoms with Gasteiger partial charge in [-0.15, -0.1) is 0 Å². The van der Waals surface area contributed by atoms with Gasteiger partial charge in [0.05, 0.1) is 12.2 Å². The van der Waals surface area contributed by atoms with Crippen molar-refractivity contribution in [3.05, 3.63) is 101 Å². The average molecular weight is 545 g/mol. The predicted molar refractivity (Wildman–Crippen MR) is 163 cm³/mol. The third-order valence-corrected chi connectivity index (χ3v) is 6.42. The number of nitrogens with zero attached hydrogens (tertiary/aromatic N) is 1. The lowest BCUT2D eigenvalue weighted by atomic mass is 9.92. The fourth-order valence-corrected chi connectivity index (χ4v) is 4.22. The minimum absolute atomic E-state index is 0.301. The molecule has 1 unspecified atom stereocenters. The van der Waals surface area contributed by atoms with Gasteiger partial charge in [0.25, 0.3) is 0 Å². The van der Waals surface area contributed by atoms with Gasteiger partial charge in [-0.25, -0.2) is 4.79 Å². The SMILES string of the molecule is CCCCCOc1ccccc1/C=C/C(CCCCC=O)Cc1ccc(C(=O)O)cc1.CNCc1cccnc1. The van der Waals surface area contributed by atoms with Crippen LogP contribution >= 0.6 is 0 Å². The largest absolute Gasteiger partial charge is 0.493 e. The zero-order valence-electron chi connectivity index (χ0n) is 23.9. The number of carbonyl (C=O) groups is 2. The van der Waals surface area contributed by atoms with E-state index in [0.29, 0.717) is 17.9 Å². The van der Waals surface area contributed by atoms with Crippen LogP contribution in [0, 0.1) is 5.92 Å². The van der Waals surface area contributed by atoms with Crippen molar-refractivity contribution in [1.82, 2.24) is 10.3 Å². The molecule has 0 aliphatic heterocycles. The minimum atomic E-state index is -0.910. The molecular formula is C34H44N2O4. The highest BCUT2D eigenvalue weighted by Gasteiger charge is 2.09. The number of aromatic carboxylic acids is 1. The molecule has 0 aliphatic carbocycles. The lowest BCUT2D eigenvalue weighted by Gasteiger charge is -2.14. The molecule has 214 valence electrons. The number of allylic oxidation sites excluding steroid dienone is 1. The maximum atomic E-state index is 11.1. The van der Waals surface area contributed by atoms with Crippen LogP contribution in [-0.4, -0.2) is 36.0 Å². The highest BCUT2D eigenvalue weighted by Crippen LogP contribution is 2.24. The highest BCUT2D eigenvalue weighted by molar-refractivity contribution is 5.87. The molecule has 0 saturated carbocycles. The van der Waals surface area contributed by atoms with Crippen molar-refractivity contribution >= 4 is 18.3 Å². The van der Waals surface area contributed by atoms with E-state index >= 15 is 0 Å². The van der Waals surface area contributed by atoms with E-state index in [2.05, 4.69) is 35.4 Å². The van der Waals surface area contributed by atoms with Gasteiger partial charge in [0.2, 0.25) is 0 Å². The molecule has 6 heteroatoms. The Morgan fingerprint density at radius 1 is 1.00 bits per heavy atom. The van der Waals surface area contributed by atoms with Crippen LogP contribution in [0.4, 0.5) is 0 Å². The molecule has 0 aliphatic rings. The van der Waals surface area contributed by atoms with Crippen molar-refractivity contribution in [2.75, 3.05) is 13.7 Å². The Hall–Kier alpha value is -3.77. The fourth-order valence-electron chi connectivity index (χ4n) is 4.22. The molecule has 0 fully saturated rings. The number of aldehydes is 1. The minimum Gasteiger partial charge on any atom is -0.493 e. The predicted octanol–water partition coefficient (Wildman–Crippen LogP) is 7.39. The highest BCUT2D eigenvalue weighted by atomic mass is 16.5. The molecule has 3 aromatic rings. The van der Waals surface area contributed by atoms with E-state index in [1.807, 2.05) is 55.7 Å². The van der Waals surface area contributed by atoms with Gasteiger partial charge in [0.15, 0.2) is 0 Å². The molecule has 3 rings (SSSR count). The van der Waals surface area contributed by atoms with Crippen LogP contribution in [-0.2, 0) is 17.8 Å². The molecule has 0 spiro atoms. The number of para-hydroxylation sites is 1. The molecule has 0 radical (unpaired) electrons. The Kier molecular flexibility index (Phi) is 16.4. The molecule has 2 N–H and O–H groups in total. The number of benzene rings is 2. The van der Waals surface area contributed by atoms with Gasteiger partial charge in [-0.05, 0) is 74.0 Å². The molecule has 1 atom stereocenters. The number of pyridine rings is 1. The molecule has 2 aromatic carbocycles. The molecule has 6 nitrogen and oxygen atoms in total. The van der Waals surface area contributed by atoms with E-state index in [9.17, 15) is 9.59 Å². The number of hydrogen-bond acceptors (Lipinski definition) is 5. The second-order valence-corrected chi connectivity index (χ2v) is 9.76. The van der Waals surface area contributed by atoms with Gasteiger partial charge < -0.3 is 20.0 Å². The zero-order valence-corrected chi connectivity index (χ0v) is 23.9. The van der Waals surface area contributed by atoms with Crippen molar-refractivity contribution < 1.29 is 19.4 Å². The smallest absolute Gasteiger partial charge is 0.335 e. The maximum Gasteiger partial charge on any atom is 0.335 e. The van der Waals surface area contributed by atoms with E-state index < -0.39 is 5.97 Å². The van der Waals surface area contributed by atoms with Gasteiger partial charge in [-0.2, -0.15) is 0 Å². The summed E-state index contributed by atoms with van der Waals surface area (Å²) < 4.78 is 5.99. The van der Waals surface area contributed by atoms with Crippen molar-refractivity contribution in [3.8, 4) is 5.75 Å². The Morgan fingerprint density at radius 3 is 2.48 bits per heavy atom. The Labute approximate surface area is 239 Å². The van der Waals surface area contributed by atoms with E-state index in [1.165, 1.54) is 18.4 Å². The topological polar surface area (TPSA) is 88.5 Å². The molecule has 0 saturated heterocycles. The molecule has 0 bridgehead atoms. The molecule has 40 heavy (non-hydrogen) atoms. The third-order valence-electron chi connectivity index (χ3n) is 6.42. The number of aromatic nitrogens is 1. The van der Waals surface area contributed by atoms with E-state index in [0.717, 1.165) is 68.4 Å². The van der Waals surface area contributed by atoms with Crippen LogP contribution in [0.2, 0.25) is 0 Å². The van der Waals surface area contributed by atoms with Gasteiger partial charge in [-0.3, -0.25) is 4.98 Å². The van der Waals surface area contributed by atoms with Gasteiger partial charge in [-0.1, -0.05) is 74.7 Å². The van der Waals surface area contributed by atoms with Crippen LogP contribution in [0.3, 0.4) is 0 Å². The number of nitrogens with one attached hydrogen (secondary N) is 1. The fraction of sp³-hybridized carbons (Fsp3) is 0.382. The van der Waals surface area contributed by atoms with Gasteiger partial charge in [0.1, 0.15) is 12.0 Å². The lowest BCUT2D eigenvalue weighted by Crippen LogP contribution is -2.04. The van der Waals surface area contributed by atoms with Crippen LogP contribution in [0.15, 0.2) is 79.1 Å². The summed E-state index contributed by atoms with van der Waals surface area (Å²) in [6, 6.07) is 19.2. The number of carboxylic acids is 1. The monoisotopic (exact) mass is 544 g/mol. The Bertz CT molecular complexity index is 1130. The Balaban J connectivity index is 0.000000526. The second-order valence-electron chi connectivity index (χ2n) is 9.76. The quantitative estimate of drug-likeness (QED) is 0.136. The van der Waals surface area contributed by atoms with E-state index in [4.69, 9.17) is 9.84 Å². The maximum absolute atomic E-state index is 11.1. The summed E-state index contributed by atoms with van der Waals surface area (Å²) in [6.07, 6.45) is 16.6. The van der Waals surface area contributed by atoms with Crippen LogP contribution < -0.4 is 10.1 Å². The van der Waals surface area contributed by atoms with Crippen molar-refractivity contribution in [3.63, 3.8) is 0 Å². The van der Waals surface area contributed by atoms with Crippen molar-refractivity contribution in [1.29, 1.82) is 0 Å². The third kappa shape index (κ3) is 13.3. The standard InChI is InChI=1S/C27H34O4.C7H10N2/c1-2-3-9-20-31-26-12-7-6-11-24(26)16-13-22(10-5-4-8-19-28)21-23-14-17-25(18-15-23)27(29)30;1-8-5-7-3-2-4-9-6-7/h6-7,11-19,22H,2-5,8-10,20-21H2,1H3,(H,29,30);2-4,6,8H,5H2,1H3/b16-13+;. The van der Waals surface area contributed by atoms with Gasteiger partial charge >= 0.3 is 5.97 Å². The summed E-state index contributed by atoms with van der Waals surface area (Å²) in [5.74, 6) is 0.295. The summed E-state index contributed by atoms with van der Waals surface area (Å²) in [5.41, 5.74) is 3.70. The van der Waals surface area contributed by atoms with Gasteiger partial charge in [0, 0.05) is 30.9 Å². The first-order chi connectivity index (χ1) is 19.6. The lowest BCUT2D eigenvalue weighted by molar-refractivity contribution is -0.107. The average Bonchev–Trinajstić information content (AvgIpc) is 2.98. The molecule has 1 heterocycles. The zero-order chi connectivity index (χ0) is 28.8. The number of unbranched alkanes of at least 4 members (excludes halogenated alkanes) is 4. The summed E-state index contributed by atoms with van der Waals surface area (Å²) in [6.45, 7) is 3.80. The second kappa shape index (κ2) is 20.2. The number of carboxylic acid groups (broad SMARTS) is 1. The summed E-state index contributed by atoms with van der Waals surface area (Å²) in [5, 5.41) is 12.1. The number of ether oxygens (including phenoxy) is 1. The summed E-state index contributed by atoms with van der Waals surface area (Å²) in [7, 11) is 1.92. The van der Waals surface area contributed by atoms with Crippen LogP contribution in [0.25, 0.3) is 6.08 Å². The van der Waals surface area contributed by atoms with E-state index in [1.54, 1.807) is 18.3 Å². The first-order valence-corrected chi connectivity index (χ1v) is 14.3. The summed E-state index contributed by atoms with van der Waals surface area (Å²) in [4.78, 5) is 25.7. The van der Waals surface area contributed by atoms with Crippen LogP contribution in [0.1, 0.15) is 78.9 Å². The van der Waals surface area contributed by atoms with E-state index in [-0.39, 0.29) is 0 Å². The van der Waals surface area contributed by atoms with Crippen LogP contribution in [0.5, 0.6) is 5.75 Å². The van der Waals surface area contributed by atoms with Crippen molar-refractivity contribution in [2.24, 2.45) is 5.92 Å². The number of carbonyl (C=O) groups excluding carboxylic acids is 1. The summed E-state index contributed by atoms with van der Waals surface area (Å²) >= 11 is 0. The normalized spacial score (nSPS) is 11.4. The Morgan fingerprint density at radius 2 is 1.80 bits per heavy atom. The first kappa shape index (κ1) is 32.4. The van der Waals surface area contributed by atoms with Crippen molar-refractivity contribution in [2.45, 2.75) is 64.8 Å². The number of hydrogen-bond donors (Lipinski definition) is 2. The molecular weight excluding hydrogens is 500 g/mol. The number of rotatable bonds is 17. The first-order valence-electron chi connectivity index (χ1n) is 14.3. The molecule has 0 amide bonds.